The van der Waals surface area contributed by atoms with E-state index in [0.29, 0.717) is 0 Å². The number of sulfonamides is 1. The van der Waals surface area contributed by atoms with E-state index in [-0.39, 0.29) is 11.8 Å². The third-order valence-electron chi connectivity index (χ3n) is 1.76. The van der Waals surface area contributed by atoms with Gasteiger partial charge < -0.3 is 0 Å². The Hall–Kier alpha value is -0.880. The molecule has 2 N–H and O–H groups in total. The lowest BCUT2D eigenvalue weighted by molar-refractivity contribution is 0.568. The van der Waals surface area contributed by atoms with Gasteiger partial charge in [0, 0.05) is 17.8 Å². The Balaban J connectivity index is 2.67. The minimum atomic E-state index is -3.14. The highest BCUT2D eigenvalue weighted by Crippen LogP contribution is 2.10. The van der Waals surface area contributed by atoms with Crippen LogP contribution in [0.4, 0.5) is 0 Å². The molecule has 1 aromatic heterocycles. The van der Waals surface area contributed by atoms with E-state index < -0.39 is 10.0 Å². The Labute approximate surface area is 77.6 Å². The number of rotatable bonds is 4. The number of hydrogen-bond donors (Lipinski definition) is 2. The smallest absolute Gasteiger partial charge is 0.211 e. The summed E-state index contributed by atoms with van der Waals surface area (Å²) in [5.41, 5.74) is 0.831. The number of nitrogens with one attached hydrogen (secondary N) is 2. The molecule has 0 spiro atoms. The average Bonchev–Trinajstić information content (AvgIpc) is 2.55. The summed E-state index contributed by atoms with van der Waals surface area (Å²) in [5, 5.41) is 6.37. The summed E-state index contributed by atoms with van der Waals surface area (Å²) in [6.07, 6.45) is 3.27. The van der Waals surface area contributed by atoms with Crippen molar-refractivity contribution in [3.63, 3.8) is 0 Å². The number of H-pyrrole nitrogens is 1. The van der Waals surface area contributed by atoms with Crippen LogP contribution >= 0.6 is 0 Å². The summed E-state index contributed by atoms with van der Waals surface area (Å²) < 4.78 is 24.8. The fourth-order valence-electron chi connectivity index (χ4n) is 0.918. The Morgan fingerprint density at radius 3 is 2.85 bits per heavy atom. The summed E-state index contributed by atoms with van der Waals surface area (Å²) >= 11 is 0. The molecule has 1 aromatic rings. The van der Waals surface area contributed by atoms with Gasteiger partial charge >= 0.3 is 0 Å². The van der Waals surface area contributed by atoms with E-state index in [2.05, 4.69) is 14.9 Å². The first-order valence-corrected chi connectivity index (χ1v) is 5.69. The highest BCUT2D eigenvalue weighted by Gasteiger charge is 2.13. The van der Waals surface area contributed by atoms with Crippen LogP contribution in [-0.2, 0) is 10.0 Å². The maximum Gasteiger partial charge on any atom is 0.211 e. The van der Waals surface area contributed by atoms with Gasteiger partial charge in [-0.2, -0.15) is 5.10 Å². The number of aromatic amines is 1. The van der Waals surface area contributed by atoms with Crippen LogP contribution in [-0.4, -0.2) is 24.4 Å². The summed E-state index contributed by atoms with van der Waals surface area (Å²) in [6.45, 7) is 3.38. The molecule has 0 radical (unpaired) electrons. The molecule has 0 fully saturated rings. The predicted octanol–water partition coefficient (Wildman–Crippen LogP) is 0.410. The molecule has 13 heavy (non-hydrogen) atoms. The maximum atomic E-state index is 11.2. The van der Waals surface area contributed by atoms with Crippen molar-refractivity contribution in [2.75, 3.05) is 5.75 Å². The van der Waals surface area contributed by atoms with Gasteiger partial charge in [-0.25, -0.2) is 13.1 Å². The molecule has 6 heteroatoms. The van der Waals surface area contributed by atoms with Gasteiger partial charge in [0.25, 0.3) is 0 Å². The number of nitrogens with zero attached hydrogens (tertiary/aromatic N) is 1. The van der Waals surface area contributed by atoms with Gasteiger partial charge in [-0.3, -0.25) is 5.10 Å². The summed E-state index contributed by atoms with van der Waals surface area (Å²) in [7, 11) is -3.14. The molecular weight excluding hydrogens is 190 g/mol. The number of hydrogen-bond acceptors (Lipinski definition) is 3. The fraction of sp³-hybridized carbons (Fsp3) is 0.571. The van der Waals surface area contributed by atoms with Gasteiger partial charge in [-0.1, -0.05) is 0 Å². The first-order chi connectivity index (χ1) is 6.05. The fourth-order valence-corrected chi connectivity index (χ4v) is 1.76. The first kappa shape index (κ1) is 10.2. The van der Waals surface area contributed by atoms with Gasteiger partial charge in [0.05, 0.1) is 11.9 Å². The largest absolute Gasteiger partial charge is 0.285 e. The van der Waals surface area contributed by atoms with Crippen LogP contribution in [0.5, 0.6) is 0 Å². The van der Waals surface area contributed by atoms with Crippen LogP contribution in [0.2, 0.25) is 0 Å². The molecule has 0 aliphatic rings. The van der Waals surface area contributed by atoms with E-state index in [9.17, 15) is 8.42 Å². The maximum absolute atomic E-state index is 11.2. The third kappa shape index (κ3) is 2.82. The molecule has 5 nitrogen and oxygen atoms in total. The Kier molecular flexibility index (Phi) is 3.05. The zero-order valence-electron chi connectivity index (χ0n) is 7.61. The van der Waals surface area contributed by atoms with E-state index >= 15 is 0 Å². The van der Waals surface area contributed by atoms with Crippen molar-refractivity contribution in [2.24, 2.45) is 0 Å². The SMILES string of the molecule is CCS(=O)(=O)NC(C)c1cn[nH]c1. The third-order valence-corrected chi connectivity index (χ3v) is 3.23. The lowest BCUT2D eigenvalue weighted by Gasteiger charge is -2.10. The minimum Gasteiger partial charge on any atom is -0.285 e. The van der Waals surface area contributed by atoms with Crippen molar-refractivity contribution in [1.82, 2.24) is 14.9 Å². The van der Waals surface area contributed by atoms with Crippen LogP contribution in [0.1, 0.15) is 25.5 Å². The second kappa shape index (κ2) is 3.89. The number of aromatic nitrogens is 2. The lowest BCUT2D eigenvalue weighted by Crippen LogP contribution is -2.27. The van der Waals surface area contributed by atoms with Gasteiger partial charge in [0.2, 0.25) is 10.0 Å². The van der Waals surface area contributed by atoms with Crippen molar-refractivity contribution < 1.29 is 8.42 Å². The summed E-state index contributed by atoms with van der Waals surface area (Å²) in [5.74, 6) is 0.0925. The highest BCUT2D eigenvalue weighted by atomic mass is 32.2. The monoisotopic (exact) mass is 203 g/mol. The lowest BCUT2D eigenvalue weighted by atomic mass is 10.2. The quantitative estimate of drug-likeness (QED) is 0.744. The molecule has 1 atom stereocenters. The Morgan fingerprint density at radius 2 is 2.38 bits per heavy atom. The highest BCUT2D eigenvalue weighted by molar-refractivity contribution is 7.89. The predicted molar refractivity (Wildman–Crippen MR) is 49.6 cm³/mol. The molecule has 1 heterocycles. The Morgan fingerprint density at radius 1 is 1.69 bits per heavy atom. The topological polar surface area (TPSA) is 74.8 Å². The van der Waals surface area contributed by atoms with Crippen molar-refractivity contribution in [3.8, 4) is 0 Å². The molecule has 74 valence electrons. The van der Waals surface area contributed by atoms with Crippen molar-refractivity contribution in [1.29, 1.82) is 0 Å². The van der Waals surface area contributed by atoms with Gasteiger partial charge in [-0.05, 0) is 13.8 Å². The van der Waals surface area contributed by atoms with Crippen LogP contribution < -0.4 is 4.72 Å². The second-order valence-electron chi connectivity index (χ2n) is 2.77. The van der Waals surface area contributed by atoms with Crippen LogP contribution in [0.15, 0.2) is 12.4 Å². The zero-order valence-corrected chi connectivity index (χ0v) is 8.43. The summed E-state index contributed by atoms with van der Waals surface area (Å²) in [4.78, 5) is 0. The van der Waals surface area contributed by atoms with E-state index in [0.717, 1.165) is 5.56 Å². The first-order valence-electron chi connectivity index (χ1n) is 4.04. The molecule has 1 unspecified atom stereocenters. The van der Waals surface area contributed by atoms with Crippen LogP contribution in [0.3, 0.4) is 0 Å². The van der Waals surface area contributed by atoms with Crippen molar-refractivity contribution >= 4 is 10.0 Å². The molecular formula is C7H13N3O2S. The molecule has 0 aromatic carbocycles. The van der Waals surface area contributed by atoms with Crippen molar-refractivity contribution in [3.05, 3.63) is 18.0 Å². The Bertz CT molecular complexity index is 344. The molecule has 0 saturated heterocycles. The molecule has 0 aliphatic heterocycles. The van der Waals surface area contributed by atoms with E-state index in [1.54, 1.807) is 26.2 Å². The van der Waals surface area contributed by atoms with E-state index in [1.807, 2.05) is 0 Å². The zero-order chi connectivity index (χ0) is 9.90. The molecule has 0 amide bonds. The minimum absolute atomic E-state index is 0.0925. The van der Waals surface area contributed by atoms with Crippen LogP contribution in [0.25, 0.3) is 0 Å². The normalized spacial score (nSPS) is 14.3. The second-order valence-corrected chi connectivity index (χ2v) is 4.82. The van der Waals surface area contributed by atoms with Crippen molar-refractivity contribution in [2.45, 2.75) is 19.9 Å². The molecule has 0 aliphatic carbocycles. The van der Waals surface area contributed by atoms with Gasteiger partial charge in [0.1, 0.15) is 0 Å². The van der Waals surface area contributed by atoms with Gasteiger partial charge in [0.15, 0.2) is 0 Å². The van der Waals surface area contributed by atoms with E-state index in [4.69, 9.17) is 0 Å². The molecule has 1 rings (SSSR count). The summed E-state index contributed by atoms with van der Waals surface area (Å²) in [6, 6.07) is -0.233. The van der Waals surface area contributed by atoms with Crippen LogP contribution in [0, 0.1) is 0 Å². The molecule has 0 bridgehead atoms. The molecule has 0 saturated carbocycles. The standard InChI is InChI=1S/C7H13N3O2S/c1-3-13(11,12)10-6(2)7-4-8-9-5-7/h4-6,10H,3H2,1-2H3,(H,8,9). The van der Waals surface area contributed by atoms with Gasteiger partial charge in [-0.15, -0.1) is 0 Å². The van der Waals surface area contributed by atoms with E-state index in [1.165, 1.54) is 0 Å². The average molecular weight is 203 g/mol.